The van der Waals surface area contributed by atoms with Crippen LogP contribution in [0.2, 0.25) is 0 Å². The molecule has 2 heterocycles. The lowest BCUT2D eigenvalue weighted by Gasteiger charge is -1.97. The van der Waals surface area contributed by atoms with E-state index in [1.165, 1.54) is 0 Å². The third-order valence-corrected chi connectivity index (χ3v) is 10.3. The van der Waals surface area contributed by atoms with E-state index in [2.05, 4.69) is 62.8 Å². The molecule has 0 fully saturated rings. The maximum absolute atomic E-state index is 10.1. The summed E-state index contributed by atoms with van der Waals surface area (Å²) in [6.07, 6.45) is 2.55. The molecule has 65 heavy (non-hydrogen) atoms. The Kier molecular flexibility index (Phi) is 17.4. The van der Waals surface area contributed by atoms with E-state index >= 15 is 0 Å². The Morgan fingerprint density at radius 1 is 0.492 bits per heavy atom. The van der Waals surface area contributed by atoms with E-state index in [9.17, 15) is 9.90 Å². The fraction of sp³-hybridized carbons (Fsp3) is 0. The molecule has 8 aromatic carbocycles. The van der Waals surface area contributed by atoms with Crippen LogP contribution in [0.15, 0.2) is 221 Å². The van der Waals surface area contributed by atoms with Gasteiger partial charge >= 0.3 is 0 Å². The van der Waals surface area contributed by atoms with Gasteiger partial charge in [-0.3, -0.25) is 9.79 Å². The maximum Gasteiger partial charge on any atom is 0.227 e. The lowest BCUT2D eigenvalue weighted by Crippen LogP contribution is -1.84. The highest BCUT2D eigenvalue weighted by atomic mass is 79.9. The summed E-state index contributed by atoms with van der Waals surface area (Å²) in [7, 11) is 0. The van der Waals surface area contributed by atoms with E-state index in [0.717, 1.165) is 58.6 Å². The van der Waals surface area contributed by atoms with Gasteiger partial charge in [0.2, 0.25) is 11.8 Å². The summed E-state index contributed by atoms with van der Waals surface area (Å²) < 4.78 is 14.3. The zero-order valence-corrected chi connectivity index (χ0v) is 39.1. The number of rotatable bonds is 5. The Labute approximate surface area is 400 Å². The third-order valence-electron chi connectivity index (χ3n) is 8.80. The molecule has 2 aromatic heterocycles. The molecule has 0 aliphatic rings. The summed E-state index contributed by atoms with van der Waals surface area (Å²) >= 11 is 10.1. The number of aromatic nitrogens is 2. The van der Waals surface area contributed by atoms with Crippen LogP contribution in [0.5, 0.6) is 11.5 Å². The van der Waals surface area contributed by atoms with Crippen molar-refractivity contribution in [1.82, 2.24) is 9.97 Å². The molecule has 0 saturated heterocycles. The number of oxazole rings is 2. The number of nitrogens with two attached hydrogens (primary N) is 2. The van der Waals surface area contributed by atoms with Crippen molar-refractivity contribution in [2.24, 2.45) is 4.99 Å². The highest BCUT2D eigenvalue weighted by Crippen LogP contribution is 2.28. The molecule has 0 spiro atoms. The molecule has 6 N–H and O–H groups in total. The highest BCUT2D eigenvalue weighted by molar-refractivity contribution is 9.11. The van der Waals surface area contributed by atoms with Crippen molar-refractivity contribution in [2.45, 2.75) is 0 Å². The van der Waals surface area contributed by atoms with Crippen molar-refractivity contribution in [1.29, 1.82) is 0 Å². The number of aromatic hydroxyl groups is 2. The molecule has 13 heteroatoms. The molecule has 0 radical (unpaired) electrons. The molecule has 0 saturated carbocycles. The first kappa shape index (κ1) is 47.2. The van der Waals surface area contributed by atoms with Crippen LogP contribution in [-0.2, 0) is 0 Å². The van der Waals surface area contributed by atoms with Gasteiger partial charge in [-0.25, -0.2) is 9.97 Å². The Bertz CT molecular complexity index is 2950. The lowest BCUT2D eigenvalue weighted by atomic mass is 10.2. The van der Waals surface area contributed by atoms with E-state index in [-0.39, 0.29) is 11.5 Å². The van der Waals surface area contributed by atoms with Gasteiger partial charge in [0, 0.05) is 42.0 Å². The molecule has 0 bridgehead atoms. The number of para-hydroxylation sites is 8. The van der Waals surface area contributed by atoms with Gasteiger partial charge in [0.1, 0.15) is 34.5 Å². The second-order valence-electron chi connectivity index (χ2n) is 13.6. The van der Waals surface area contributed by atoms with Gasteiger partial charge in [-0.05, 0) is 115 Å². The number of hydrogen-bond acceptors (Lipinski definition) is 10. The number of phenolic OH excluding ortho intramolecular Hbond substituents is 2. The number of carbonyl (C=O) groups is 1. The zero-order chi connectivity index (χ0) is 46.0. The summed E-state index contributed by atoms with van der Waals surface area (Å²) in [5.41, 5.74) is 19.6. The largest absolute Gasteiger partial charge is 0.506 e. The molecule has 0 atom stereocenters. The number of phenols is 2. The minimum absolute atomic E-state index is 0.146. The third kappa shape index (κ3) is 14.6. The van der Waals surface area contributed by atoms with E-state index in [4.69, 9.17) is 25.4 Å². The van der Waals surface area contributed by atoms with E-state index in [1.54, 1.807) is 60.8 Å². The number of aliphatic imine (C=N–C) groups is 1. The fourth-order valence-electron chi connectivity index (χ4n) is 5.66. The number of nitrogens with zero attached hydrogens (tertiary/aromatic N) is 3. The van der Waals surface area contributed by atoms with Crippen molar-refractivity contribution in [3.8, 4) is 34.4 Å². The van der Waals surface area contributed by atoms with E-state index < -0.39 is 0 Å². The van der Waals surface area contributed by atoms with Crippen LogP contribution in [-0.4, -0.2) is 32.7 Å². The summed E-state index contributed by atoms with van der Waals surface area (Å²) in [5, 5.41) is 18.3. The summed E-state index contributed by atoms with van der Waals surface area (Å²) in [5.74, 6) is 1.59. The second-order valence-corrected chi connectivity index (χ2v) is 16.4. The Morgan fingerprint density at radius 3 is 1.46 bits per heavy atom. The average Bonchev–Trinajstić information content (AvgIpc) is 3.96. The minimum atomic E-state index is 0.146. The molecular weight excluding hydrogens is 1010 g/mol. The van der Waals surface area contributed by atoms with Crippen LogP contribution in [0.4, 0.5) is 17.1 Å². The van der Waals surface area contributed by atoms with Crippen LogP contribution in [0.1, 0.15) is 15.9 Å². The molecule has 10 nitrogen and oxygen atoms in total. The monoisotopic (exact) mass is 1050 g/mol. The van der Waals surface area contributed by atoms with Gasteiger partial charge in [0.15, 0.2) is 11.2 Å². The van der Waals surface area contributed by atoms with Crippen molar-refractivity contribution < 1.29 is 23.8 Å². The molecule has 10 aromatic rings. The maximum atomic E-state index is 10.1. The standard InChI is InChI=1S/C13H8BrNO.C13H10BrNO.C13H10N2O.C7H5BrO.C6H7NO/c14-10-5-3-4-9(8-10)13-15-11-6-1-2-7-12(11)16-13;14-11-5-3-4-10(8-11)9-15-12-6-1-2-7-13(12)16;14-10-5-3-4-9(8-10)13-15-11-6-1-2-7-12(11)16-13;8-7-3-1-2-6(4-7)5-9;7-5-3-1-2-4-6(5)8/h1-8H;1-9,16H;1-8H,14H2;1-5H;1-4,8H,7H2. The van der Waals surface area contributed by atoms with Crippen molar-refractivity contribution in [3.63, 3.8) is 0 Å². The van der Waals surface area contributed by atoms with Gasteiger partial charge < -0.3 is 30.5 Å². The number of halogens is 3. The Hall–Kier alpha value is -7.32. The first-order valence-electron chi connectivity index (χ1n) is 19.7. The molecular formula is C52H40Br3N5O5. The number of hydrogen-bond donors (Lipinski definition) is 4. The molecule has 0 unspecified atom stereocenters. The molecule has 324 valence electrons. The highest BCUT2D eigenvalue weighted by Gasteiger charge is 2.08. The van der Waals surface area contributed by atoms with Gasteiger partial charge in [-0.2, -0.15) is 0 Å². The SMILES string of the molecule is Brc1cccc(-c2nc3ccccc3o2)c1.Nc1cccc(-c2nc3ccccc3o2)c1.Nc1ccccc1O.O=Cc1cccc(Br)c1.Oc1ccccc1N=Cc1cccc(Br)c1. The van der Waals surface area contributed by atoms with Crippen LogP contribution in [0, 0.1) is 0 Å². The number of nitrogen functional groups attached to an aromatic ring is 2. The number of aldehydes is 1. The van der Waals surface area contributed by atoms with Crippen LogP contribution in [0.3, 0.4) is 0 Å². The molecule has 0 amide bonds. The second kappa shape index (κ2) is 23.9. The smallest absolute Gasteiger partial charge is 0.227 e. The quantitative estimate of drug-likeness (QED) is 0.0566. The first-order valence-corrected chi connectivity index (χ1v) is 22.1. The normalized spacial score (nSPS) is 10.3. The topological polar surface area (TPSA) is 174 Å². The Balaban J connectivity index is 0.000000138. The zero-order valence-electron chi connectivity index (χ0n) is 34.4. The predicted molar refractivity (Wildman–Crippen MR) is 273 cm³/mol. The average molecular weight is 1050 g/mol. The number of benzene rings is 8. The Morgan fingerprint density at radius 2 is 0.969 bits per heavy atom. The fourth-order valence-corrected chi connectivity index (χ4v) is 6.89. The number of carbonyl (C=O) groups excluding carboxylic acids is 1. The van der Waals surface area contributed by atoms with Crippen molar-refractivity contribution in [3.05, 3.63) is 219 Å². The number of fused-ring (bicyclic) bond motifs is 2. The lowest BCUT2D eigenvalue weighted by molar-refractivity contribution is 0.112. The molecule has 0 aliphatic heterocycles. The summed E-state index contributed by atoms with van der Waals surface area (Å²) in [6, 6.07) is 59.6. The van der Waals surface area contributed by atoms with Crippen molar-refractivity contribution in [2.75, 3.05) is 11.5 Å². The van der Waals surface area contributed by atoms with E-state index in [0.29, 0.717) is 34.4 Å². The minimum Gasteiger partial charge on any atom is -0.506 e. The first-order chi connectivity index (χ1) is 31.5. The predicted octanol–water partition coefficient (Wildman–Crippen LogP) is 14.5. The van der Waals surface area contributed by atoms with Gasteiger partial charge in [-0.15, -0.1) is 0 Å². The molecule has 10 rings (SSSR count). The van der Waals surface area contributed by atoms with Gasteiger partial charge in [0.25, 0.3) is 0 Å². The number of anilines is 2. The van der Waals surface area contributed by atoms with Crippen molar-refractivity contribution >= 4 is 99.6 Å². The van der Waals surface area contributed by atoms with Crippen LogP contribution < -0.4 is 11.5 Å². The van der Waals surface area contributed by atoms with Crippen LogP contribution in [0.25, 0.3) is 45.1 Å². The van der Waals surface area contributed by atoms with Gasteiger partial charge in [-0.1, -0.05) is 133 Å². The molecule has 0 aliphatic carbocycles. The van der Waals surface area contributed by atoms with Gasteiger partial charge in [0.05, 0.1) is 5.69 Å². The summed E-state index contributed by atoms with van der Waals surface area (Å²) in [6.45, 7) is 0. The van der Waals surface area contributed by atoms with E-state index in [1.807, 2.05) is 140 Å². The van der Waals surface area contributed by atoms with Crippen LogP contribution >= 0.6 is 47.8 Å². The summed E-state index contributed by atoms with van der Waals surface area (Å²) in [4.78, 5) is 23.2.